The Kier molecular flexibility index (Phi) is 9.45. The van der Waals surface area contributed by atoms with Gasteiger partial charge in [-0.2, -0.15) is 0 Å². The second-order valence-corrected chi connectivity index (χ2v) is 8.12. The Bertz CT molecular complexity index is 1190. The first-order valence-corrected chi connectivity index (χ1v) is 11.5. The monoisotopic (exact) mass is 490 g/mol. The van der Waals surface area contributed by atoms with Crippen molar-refractivity contribution in [3.8, 4) is 11.5 Å². The maximum absolute atomic E-state index is 12.7. The summed E-state index contributed by atoms with van der Waals surface area (Å²) in [5.74, 6) is 0.166. The molecule has 1 N–H and O–H groups in total. The van der Waals surface area contributed by atoms with Gasteiger partial charge in [-0.1, -0.05) is 36.4 Å². The van der Waals surface area contributed by atoms with E-state index in [-0.39, 0.29) is 23.8 Å². The van der Waals surface area contributed by atoms with Crippen molar-refractivity contribution in [3.05, 3.63) is 89.5 Å². The highest BCUT2D eigenvalue weighted by molar-refractivity contribution is 6.01. The number of aryl methyl sites for hydroxylation is 1. The van der Waals surface area contributed by atoms with Gasteiger partial charge in [-0.05, 0) is 53.9 Å². The number of methoxy groups -OCH3 is 2. The van der Waals surface area contributed by atoms with Crippen LogP contribution in [0.25, 0.3) is 0 Å². The quantitative estimate of drug-likeness (QED) is 0.407. The fraction of sp³-hybridized carbons (Fsp3) is 0.250. The number of esters is 1. The molecule has 8 nitrogen and oxygen atoms in total. The molecule has 0 fully saturated rings. The minimum atomic E-state index is -0.691. The van der Waals surface area contributed by atoms with Crippen LogP contribution in [0, 0.1) is 0 Å². The van der Waals surface area contributed by atoms with Gasteiger partial charge in [-0.25, -0.2) is 4.79 Å². The van der Waals surface area contributed by atoms with Crippen LogP contribution in [0.3, 0.4) is 0 Å². The van der Waals surface area contributed by atoms with Gasteiger partial charge in [-0.3, -0.25) is 9.59 Å². The first-order chi connectivity index (χ1) is 17.4. The van der Waals surface area contributed by atoms with E-state index in [1.165, 1.54) is 4.90 Å². The molecule has 3 rings (SSSR count). The van der Waals surface area contributed by atoms with Crippen molar-refractivity contribution >= 4 is 23.5 Å². The van der Waals surface area contributed by atoms with E-state index in [1.807, 2.05) is 48.5 Å². The summed E-state index contributed by atoms with van der Waals surface area (Å²) in [6.07, 6.45) is 0.778. The van der Waals surface area contributed by atoms with Gasteiger partial charge in [0, 0.05) is 20.0 Å². The molecule has 8 heteroatoms. The average Bonchev–Trinajstić information content (AvgIpc) is 2.91. The number of hydrogen-bond donors (Lipinski definition) is 1. The third-order valence-electron chi connectivity index (χ3n) is 5.53. The van der Waals surface area contributed by atoms with Crippen molar-refractivity contribution in [1.82, 2.24) is 4.90 Å². The topological polar surface area (TPSA) is 94.2 Å². The summed E-state index contributed by atoms with van der Waals surface area (Å²) in [5.41, 5.74) is 2.40. The third kappa shape index (κ3) is 7.59. The number of rotatable bonds is 11. The molecule has 0 aliphatic heterocycles. The first kappa shape index (κ1) is 26.3. The van der Waals surface area contributed by atoms with Crippen molar-refractivity contribution < 1.29 is 28.6 Å². The number of para-hydroxylation sites is 1. The van der Waals surface area contributed by atoms with Crippen molar-refractivity contribution in [3.63, 3.8) is 0 Å². The van der Waals surface area contributed by atoms with Crippen molar-refractivity contribution in [1.29, 1.82) is 0 Å². The SMILES string of the molecule is COc1ccc(CCC(=O)Nc2ccccc2C(=O)OCC(=O)N(C)Cc2cccc(OC)c2)cc1. The summed E-state index contributed by atoms with van der Waals surface area (Å²) in [4.78, 5) is 39.2. The molecule has 0 atom stereocenters. The first-order valence-electron chi connectivity index (χ1n) is 11.5. The third-order valence-corrected chi connectivity index (χ3v) is 5.53. The van der Waals surface area contributed by atoms with Crippen LogP contribution in [0.1, 0.15) is 27.9 Å². The summed E-state index contributed by atoms with van der Waals surface area (Å²) < 4.78 is 15.6. The molecular weight excluding hydrogens is 460 g/mol. The van der Waals surface area contributed by atoms with Crippen molar-refractivity contribution in [2.24, 2.45) is 0 Å². The highest BCUT2D eigenvalue weighted by Gasteiger charge is 2.18. The van der Waals surface area contributed by atoms with Gasteiger partial charge in [0.2, 0.25) is 5.91 Å². The number of anilines is 1. The minimum absolute atomic E-state index is 0.179. The van der Waals surface area contributed by atoms with Gasteiger partial charge < -0.3 is 24.4 Å². The van der Waals surface area contributed by atoms with E-state index in [2.05, 4.69) is 5.32 Å². The van der Waals surface area contributed by atoms with Crippen LogP contribution < -0.4 is 14.8 Å². The van der Waals surface area contributed by atoms with E-state index in [0.29, 0.717) is 24.4 Å². The van der Waals surface area contributed by atoms with Crippen LogP contribution in [-0.2, 0) is 27.3 Å². The molecule has 0 aromatic heterocycles. The fourth-order valence-electron chi connectivity index (χ4n) is 3.48. The van der Waals surface area contributed by atoms with Gasteiger partial charge >= 0.3 is 5.97 Å². The molecule has 0 saturated heterocycles. The Morgan fingerprint density at radius 3 is 2.28 bits per heavy atom. The number of nitrogens with one attached hydrogen (secondary N) is 1. The summed E-state index contributed by atoms with van der Waals surface area (Å²) in [5, 5.41) is 2.77. The van der Waals surface area contributed by atoms with Crippen molar-refractivity contribution in [2.75, 3.05) is 33.2 Å². The maximum Gasteiger partial charge on any atom is 0.340 e. The van der Waals surface area contributed by atoms with Gasteiger partial charge in [0.25, 0.3) is 5.91 Å². The average molecular weight is 491 g/mol. The van der Waals surface area contributed by atoms with Gasteiger partial charge in [0.05, 0.1) is 25.5 Å². The number of carbonyl (C=O) groups excluding carboxylic acids is 3. The van der Waals surface area contributed by atoms with E-state index >= 15 is 0 Å². The number of ether oxygens (including phenoxy) is 3. The fourth-order valence-corrected chi connectivity index (χ4v) is 3.48. The smallest absolute Gasteiger partial charge is 0.340 e. The zero-order chi connectivity index (χ0) is 25.9. The predicted octanol–water partition coefficient (Wildman–Crippen LogP) is 4.09. The largest absolute Gasteiger partial charge is 0.497 e. The zero-order valence-electron chi connectivity index (χ0n) is 20.7. The molecule has 3 aromatic rings. The lowest BCUT2D eigenvalue weighted by Crippen LogP contribution is -2.31. The predicted molar refractivity (Wildman–Crippen MR) is 136 cm³/mol. The summed E-state index contributed by atoms with van der Waals surface area (Å²) in [6.45, 7) is -0.0759. The van der Waals surface area contributed by atoms with Crippen LogP contribution in [0.15, 0.2) is 72.8 Å². The number of hydrogen-bond acceptors (Lipinski definition) is 6. The summed E-state index contributed by atoms with van der Waals surface area (Å²) in [7, 11) is 4.81. The van der Waals surface area contributed by atoms with E-state index in [9.17, 15) is 14.4 Å². The minimum Gasteiger partial charge on any atom is -0.497 e. The van der Waals surface area contributed by atoms with Gasteiger partial charge in [-0.15, -0.1) is 0 Å². The Morgan fingerprint density at radius 2 is 1.56 bits per heavy atom. The van der Waals surface area contributed by atoms with Crippen LogP contribution in [-0.4, -0.2) is 50.6 Å². The van der Waals surface area contributed by atoms with Crippen LogP contribution in [0.2, 0.25) is 0 Å². The second-order valence-electron chi connectivity index (χ2n) is 8.12. The molecule has 36 heavy (non-hydrogen) atoms. The lowest BCUT2D eigenvalue weighted by molar-refractivity contribution is -0.133. The number of amides is 2. The standard InChI is InChI=1S/C28H30N2O6/c1-30(18-21-7-6-8-23(17-21)35-3)27(32)19-36-28(33)24-9-4-5-10-25(24)29-26(31)16-13-20-11-14-22(34-2)15-12-20/h4-12,14-15,17H,13,16,18-19H2,1-3H3,(H,29,31). The molecule has 0 bridgehead atoms. The molecule has 0 saturated carbocycles. The lowest BCUT2D eigenvalue weighted by Gasteiger charge is -2.18. The molecule has 0 unspecified atom stereocenters. The zero-order valence-corrected chi connectivity index (χ0v) is 20.7. The molecule has 188 valence electrons. The Hall–Kier alpha value is -4.33. The van der Waals surface area contributed by atoms with E-state index in [1.54, 1.807) is 45.5 Å². The molecule has 0 aliphatic carbocycles. The highest BCUT2D eigenvalue weighted by atomic mass is 16.5. The second kappa shape index (κ2) is 12.9. The Morgan fingerprint density at radius 1 is 0.833 bits per heavy atom. The molecular formula is C28H30N2O6. The molecule has 2 amide bonds. The normalized spacial score (nSPS) is 10.3. The van der Waals surface area contributed by atoms with E-state index in [4.69, 9.17) is 14.2 Å². The van der Waals surface area contributed by atoms with Crippen LogP contribution >= 0.6 is 0 Å². The molecule has 3 aromatic carbocycles. The van der Waals surface area contributed by atoms with Crippen molar-refractivity contribution in [2.45, 2.75) is 19.4 Å². The number of likely N-dealkylation sites (N-methyl/N-ethyl adjacent to an activating group) is 1. The molecule has 0 aliphatic rings. The highest BCUT2D eigenvalue weighted by Crippen LogP contribution is 2.18. The Labute approximate surface area is 210 Å². The van der Waals surface area contributed by atoms with E-state index < -0.39 is 12.6 Å². The summed E-state index contributed by atoms with van der Waals surface area (Å²) in [6, 6.07) is 21.4. The van der Waals surface area contributed by atoms with Crippen LogP contribution in [0.5, 0.6) is 11.5 Å². The van der Waals surface area contributed by atoms with E-state index in [0.717, 1.165) is 16.9 Å². The van der Waals surface area contributed by atoms with Crippen LogP contribution in [0.4, 0.5) is 5.69 Å². The molecule has 0 heterocycles. The lowest BCUT2D eigenvalue weighted by atomic mass is 10.1. The molecule has 0 radical (unpaired) electrons. The van der Waals surface area contributed by atoms with Gasteiger partial charge in [0.1, 0.15) is 11.5 Å². The summed E-state index contributed by atoms with van der Waals surface area (Å²) >= 11 is 0. The maximum atomic E-state index is 12.7. The number of carbonyl (C=O) groups is 3. The molecule has 0 spiro atoms. The number of benzene rings is 3. The van der Waals surface area contributed by atoms with Gasteiger partial charge in [0.15, 0.2) is 6.61 Å². The Balaban J connectivity index is 1.52. The number of nitrogens with zero attached hydrogens (tertiary/aromatic N) is 1.